The maximum absolute atomic E-state index is 12.5. The molecule has 2 N–H and O–H groups in total. The Balaban J connectivity index is 1.61. The Hall–Kier alpha value is -2.57. The van der Waals surface area contributed by atoms with Crippen LogP contribution in [0.5, 0.6) is 0 Å². The summed E-state index contributed by atoms with van der Waals surface area (Å²) in [6.07, 6.45) is 2.09. The standard InChI is InChI=1S/C22H27ClN4O2/c1-26(2)20(18-10-3-4-11-19(18)23)15-24-22(29)25-17-9-7-8-16(14-17)21(28)27-12-5-6-13-27/h3-4,7-11,14,20H,5-6,12-13,15H2,1-2H3,(H2,24,25,29). The van der Waals surface area contributed by atoms with Crippen molar-refractivity contribution in [2.75, 3.05) is 39.0 Å². The monoisotopic (exact) mass is 414 g/mol. The van der Waals surface area contributed by atoms with E-state index in [-0.39, 0.29) is 18.0 Å². The van der Waals surface area contributed by atoms with Gasteiger partial charge in [-0.05, 0) is 56.8 Å². The number of hydrogen-bond donors (Lipinski definition) is 2. The fourth-order valence-electron chi connectivity index (χ4n) is 3.51. The highest BCUT2D eigenvalue weighted by Crippen LogP contribution is 2.25. The first-order chi connectivity index (χ1) is 14.0. The second kappa shape index (κ2) is 9.76. The molecular weight excluding hydrogens is 388 g/mol. The lowest BCUT2D eigenvalue weighted by atomic mass is 10.1. The number of urea groups is 1. The Bertz CT molecular complexity index is 865. The number of carbonyl (C=O) groups is 2. The number of nitrogens with zero attached hydrogens (tertiary/aromatic N) is 2. The van der Waals surface area contributed by atoms with Crippen molar-refractivity contribution in [1.29, 1.82) is 0 Å². The molecule has 0 aromatic heterocycles. The van der Waals surface area contributed by atoms with Gasteiger partial charge < -0.3 is 20.4 Å². The number of nitrogens with one attached hydrogen (secondary N) is 2. The molecule has 0 aliphatic carbocycles. The average molecular weight is 415 g/mol. The van der Waals surface area contributed by atoms with Crippen molar-refractivity contribution in [3.05, 3.63) is 64.7 Å². The number of rotatable bonds is 6. The van der Waals surface area contributed by atoms with Crippen molar-refractivity contribution in [3.63, 3.8) is 0 Å². The van der Waals surface area contributed by atoms with Crippen molar-refractivity contribution >= 4 is 29.2 Å². The van der Waals surface area contributed by atoms with Gasteiger partial charge in [0.1, 0.15) is 0 Å². The number of likely N-dealkylation sites (N-methyl/N-ethyl adjacent to an activating group) is 1. The van der Waals surface area contributed by atoms with Gasteiger partial charge in [-0.3, -0.25) is 4.79 Å². The molecule has 1 aliphatic rings. The summed E-state index contributed by atoms with van der Waals surface area (Å²) in [7, 11) is 3.89. The molecule has 29 heavy (non-hydrogen) atoms. The first-order valence-electron chi connectivity index (χ1n) is 9.81. The molecule has 1 atom stereocenters. The molecule has 2 aromatic rings. The van der Waals surface area contributed by atoms with Gasteiger partial charge in [-0.25, -0.2) is 4.79 Å². The van der Waals surface area contributed by atoms with Crippen molar-refractivity contribution in [2.24, 2.45) is 0 Å². The van der Waals surface area contributed by atoms with E-state index in [2.05, 4.69) is 10.6 Å². The van der Waals surface area contributed by atoms with Gasteiger partial charge in [0.25, 0.3) is 5.91 Å². The lowest BCUT2D eigenvalue weighted by Gasteiger charge is -2.26. The number of benzene rings is 2. The maximum atomic E-state index is 12.5. The molecule has 1 saturated heterocycles. The van der Waals surface area contributed by atoms with E-state index in [1.54, 1.807) is 24.3 Å². The van der Waals surface area contributed by atoms with E-state index in [1.807, 2.05) is 48.2 Å². The second-order valence-electron chi connectivity index (χ2n) is 7.42. The van der Waals surface area contributed by atoms with E-state index in [4.69, 9.17) is 11.6 Å². The van der Waals surface area contributed by atoms with Crippen LogP contribution in [0.25, 0.3) is 0 Å². The molecule has 2 aromatic carbocycles. The molecular formula is C22H27ClN4O2. The molecule has 154 valence electrons. The Labute approximate surface area is 176 Å². The number of likely N-dealkylation sites (tertiary alicyclic amines) is 1. The predicted octanol–water partition coefficient (Wildman–Crippen LogP) is 4.00. The smallest absolute Gasteiger partial charge is 0.319 e. The first kappa shape index (κ1) is 21.1. The lowest BCUT2D eigenvalue weighted by Crippen LogP contribution is -2.37. The summed E-state index contributed by atoms with van der Waals surface area (Å²) in [6, 6.07) is 14.3. The van der Waals surface area contributed by atoms with Gasteiger partial charge in [0.2, 0.25) is 0 Å². The summed E-state index contributed by atoms with van der Waals surface area (Å²) >= 11 is 6.32. The Morgan fingerprint density at radius 3 is 2.52 bits per heavy atom. The van der Waals surface area contributed by atoms with Gasteiger partial charge in [0.05, 0.1) is 6.04 Å². The van der Waals surface area contributed by atoms with E-state index in [1.165, 1.54) is 0 Å². The lowest BCUT2D eigenvalue weighted by molar-refractivity contribution is 0.0793. The van der Waals surface area contributed by atoms with Crippen LogP contribution in [0.1, 0.15) is 34.8 Å². The molecule has 0 bridgehead atoms. The highest BCUT2D eigenvalue weighted by Gasteiger charge is 2.20. The molecule has 0 spiro atoms. The van der Waals surface area contributed by atoms with Crippen molar-refractivity contribution < 1.29 is 9.59 Å². The summed E-state index contributed by atoms with van der Waals surface area (Å²) in [5.74, 6) is 0.0120. The van der Waals surface area contributed by atoms with Crippen LogP contribution in [0.15, 0.2) is 48.5 Å². The van der Waals surface area contributed by atoms with Gasteiger partial charge in [-0.2, -0.15) is 0 Å². The molecule has 7 heteroatoms. The molecule has 1 heterocycles. The molecule has 0 saturated carbocycles. The van der Waals surface area contributed by atoms with E-state index in [0.29, 0.717) is 22.8 Å². The summed E-state index contributed by atoms with van der Waals surface area (Å²) in [5.41, 5.74) is 2.14. The zero-order chi connectivity index (χ0) is 20.8. The largest absolute Gasteiger partial charge is 0.339 e. The summed E-state index contributed by atoms with van der Waals surface area (Å²) in [6.45, 7) is 1.99. The topological polar surface area (TPSA) is 64.7 Å². The third kappa shape index (κ3) is 5.49. The van der Waals surface area contributed by atoms with Crippen molar-refractivity contribution in [2.45, 2.75) is 18.9 Å². The van der Waals surface area contributed by atoms with Crippen molar-refractivity contribution in [1.82, 2.24) is 15.1 Å². The number of carbonyl (C=O) groups excluding carboxylic acids is 2. The predicted molar refractivity (Wildman–Crippen MR) is 116 cm³/mol. The van der Waals surface area contributed by atoms with Crippen LogP contribution < -0.4 is 10.6 Å². The molecule has 6 nitrogen and oxygen atoms in total. The van der Waals surface area contributed by atoms with E-state index < -0.39 is 0 Å². The zero-order valence-corrected chi connectivity index (χ0v) is 17.6. The summed E-state index contributed by atoms with van der Waals surface area (Å²) < 4.78 is 0. The van der Waals surface area contributed by atoms with Crippen LogP contribution >= 0.6 is 11.6 Å². The molecule has 1 fully saturated rings. The van der Waals surface area contributed by atoms with E-state index >= 15 is 0 Å². The quantitative estimate of drug-likeness (QED) is 0.750. The molecule has 0 radical (unpaired) electrons. The van der Waals surface area contributed by atoms with Gasteiger partial charge in [-0.15, -0.1) is 0 Å². The van der Waals surface area contributed by atoms with Gasteiger partial charge in [0, 0.05) is 35.9 Å². The minimum atomic E-state index is -0.324. The Morgan fingerprint density at radius 1 is 1.10 bits per heavy atom. The van der Waals surface area contributed by atoms with Crippen LogP contribution in [0.3, 0.4) is 0 Å². The number of anilines is 1. The van der Waals surface area contributed by atoms with Crippen LogP contribution in [-0.4, -0.2) is 55.5 Å². The minimum absolute atomic E-state index is 0.0120. The van der Waals surface area contributed by atoms with Crippen LogP contribution in [0.4, 0.5) is 10.5 Å². The third-order valence-electron chi connectivity index (χ3n) is 5.10. The SMILES string of the molecule is CN(C)C(CNC(=O)Nc1cccc(C(=O)N2CCCC2)c1)c1ccccc1Cl. The highest BCUT2D eigenvalue weighted by atomic mass is 35.5. The Morgan fingerprint density at radius 2 is 1.83 bits per heavy atom. The number of halogens is 1. The van der Waals surface area contributed by atoms with Gasteiger partial charge in [-0.1, -0.05) is 35.9 Å². The molecule has 1 aliphatic heterocycles. The van der Waals surface area contributed by atoms with Gasteiger partial charge >= 0.3 is 6.03 Å². The van der Waals surface area contributed by atoms with Crippen LogP contribution in [-0.2, 0) is 0 Å². The fourth-order valence-corrected chi connectivity index (χ4v) is 3.78. The van der Waals surface area contributed by atoms with Crippen LogP contribution in [0.2, 0.25) is 5.02 Å². The van der Waals surface area contributed by atoms with Crippen molar-refractivity contribution in [3.8, 4) is 0 Å². The maximum Gasteiger partial charge on any atom is 0.319 e. The number of hydrogen-bond acceptors (Lipinski definition) is 3. The fraction of sp³-hybridized carbons (Fsp3) is 0.364. The Kier molecular flexibility index (Phi) is 7.12. The third-order valence-corrected chi connectivity index (χ3v) is 5.45. The molecule has 3 amide bonds. The minimum Gasteiger partial charge on any atom is -0.339 e. The first-order valence-corrected chi connectivity index (χ1v) is 10.2. The summed E-state index contributed by atoms with van der Waals surface area (Å²) in [5, 5.41) is 6.38. The highest BCUT2D eigenvalue weighted by molar-refractivity contribution is 6.31. The molecule has 3 rings (SSSR count). The molecule has 1 unspecified atom stereocenters. The normalized spacial score (nSPS) is 14.7. The zero-order valence-electron chi connectivity index (χ0n) is 16.8. The average Bonchev–Trinajstić information content (AvgIpc) is 3.23. The van der Waals surface area contributed by atoms with Crippen LogP contribution in [0, 0.1) is 0 Å². The van der Waals surface area contributed by atoms with Gasteiger partial charge in [0.15, 0.2) is 0 Å². The second-order valence-corrected chi connectivity index (χ2v) is 7.82. The number of amides is 3. The summed E-state index contributed by atoms with van der Waals surface area (Å²) in [4.78, 5) is 28.8. The van der Waals surface area contributed by atoms with E-state index in [9.17, 15) is 9.59 Å². The van der Waals surface area contributed by atoms with E-state index in [0.717, 1.165) is 31.5 Å².